The van der Waals surface area contributed by atoms with E-state index in [9.17, 15) is 4.79 Å². The molecule has 2 heterocycles. The van der Waals surface area contributed by atoms with E-state index in [1.807, 2.05) is 29.2 Å². The van der Waals surface area contributed by atoms with E-state index in [1.165, 1.54) is 5.56 Å². The molecule has 2 atom stereocenters. The van der Waals surface area contributed by atoms with Gasteiger partial charge < -0.3 is 19.6 Å². The molecule has 2 unspecified atom stereocenters. The van der Waals surface area contributed by atoms with Crippen LogP contribution in [-0.4, -0.2) is 40.8 Å². The highest BCUT2D eigenvalue weighted by Crippen LogP contribution is 2.42. The molecule has 0 spiro atoms. The number of H-pyrrole nitrogens is 1. The number of aliphatic hydroxyl groups is 1. The molecule has 1 amide bonds. The highest BCUT2D eigenvalue weighted by Gasteiger charge is 2.39. The third-order valence-corrected chi connectivity index (χ3v) is 7.20. The van der Waals surface area contributed by atoms with Crippen LogP contribution in [0.1, 0.15) is 36.6 Å². The number of aromatic nitrogens is 1. The Hall–Kier alpha value is -2.93. The Labute approximate surface area is 220 Å². The lowest BCUT2D eigenvalue weighted by molar-refractivity contribution is 0.110. The summed E-state index contributed by atoms with van der Waals surface area (Å²) in [6.45, 7) is 1.27. The number of rotatable bonds is 7. The molecule has 0 saturated carbocycles. The number of carbonyl (C=O) groups is 1. The van der Waals surface area contributed by atoms with Gasteiger partial charge in [-0.25, -0.2) is 4.79 Å². The summed E-state index contributed by atoms with van der Waals surface area (Å²) in [5, 5.41) is 11.3. The minimum absolute atomic E-state index is 0.0372. The molecule has 3 aromatic rings. The van der Waals surface area contributed by atoms with Crippen LogP contribution in [0.5, 0.6) is 5.75 Å². The van der Waals surface area contributed by atoms with E-state index < -0.39 is 6.09 Å². The summed E-state index contributed by atoms with van der Waals surface area (Å²) in [5.41, 5.74) is 3.21. The summed E-state index contributed by atoms with van der Waals surface area (Å²) < 4.78 is 11.6. The minimum Gasteiger partial charge on any atom is -0.494 e. The molecule has 2 aliphatic rings. The maximum atomic E-state index is 13.4. The number of nitrogens with zero attached hydrogens (tertiary/aromatic N) is 1. The number of nitrogens with one attached hydrogen (secondary N) is 1. The molecule has 0 bridgehead atoms. The maximum absolute atomic E-state index is 13.4. The second-order valence-corrected chi connectivity index (χ2v) is 9.93. The standard InChI is InChI=1S/C28H28Cl2N2O4/c29-19-5-10-22(11-6-19)36-28(34)32-14-13-23-24-17-20(30)7-12-25(24)31-26(23)27(32)18-3-8-21(9-4-18)35-16-2-1-15-33/h3,5-12,17-18,27,31,33H,1-2,4,13-16H2. The van der Waals surface area contributed by atoms with Gasteiger partial charge in [0.25, 0.3) is 0 Å². The van der Waals surface area contributed by atoms with Crippen molar-refractivity contribution in [3.8, 4) is 5.75 Å². The number of amides is 1. The van der Waals surface area contributed by atoms with Gasteiger partial charge in [-0.3, -0.25) is 4.90 Å². The summed E-state index contributed by atoms with van der Waals surface area (Å²) in [6.07, 6.45) is 8.71. The number of benzene rings is 2. The molecule has 188 valence electrons. The van der Waals surface area contributed by atoms with Gasteiger partial charge in [0.05, 0.1) is 12.6 Å². The zero-order chi connectivity index (χ0) is 25.1. The van der Waals surface area contributed by atoms with Crippen LogP contribution in [0.4, 0.5) is 4.79 Å². The van der Waals surface area contributed by atoms with Crippen LogP contribution < -0.4 is 4.74 Å². The number of unbranched alkanes of at least 4 members (excludes halogenated alkanes) is 1. The van der Waals surface area contributed by atoms with Crippen LogP contribution in [0.15, 0.2) is 66.5 Å². The third kappa shape index (κ3) is 5.26. The van der Waals surface area contributed by atoms with Gasteiger partial charge in [0.1, 0.15) is 11.5 Å². The predicted octanol–water partition coefficient (Wildman–Crippen LogP) is 6.82. The van der Waals surface area contributed by atoms with E-state index in [4.69, 9.17) is 37.8 Å². The molecule has 5 rings (SSSR count). The van der Waals surface area contributed by atoms with Gasteiger partial charge in [0, 0.05) is 45.7 Å². The molecule has 8 heteroatoms. The molecule has 0 fully saturated rings. The summed E-state index contributed by atoms with van der Waals surface area (Å²) in [4.78, 5) is 18.8. The van der Waals surface area contributed by atoms with Crippen molar-refractivity contribution in [2.24, 2.45) is 5.92 Å². The van der Waals surface area contributed by atoms with Gasteiger partial charge >= 0.3 is 6.09 Å². The number of fused-ring (bicyclic) bond motifs is 3. The van der Waals surface area contributed by atoms with Crippen LogP contribution >= 0.6 is 23.2 Å². The predicted molar refractivity (Wildman–Crippen MR) is 142 cm³/mol. The number of aliphatic hydroxyl groups excluding tert-OH is 1. The largest absolute Gasteiger partial charge is 0.494 e. The highest BCUT2D eigenvalue weighted by atomic mass is 35.5. The van der Waals surface area contributed by atoms with Crippen LogP contribution in [0.2, 0.25) is 10.0 Å². The van der Waals surface area contributed by atoms with E-state index in [0.717, 1.165) is 41.6 Å². The highest BCUT2D eigenvalue weighted by molar-refractivity contribution is 6.31. The van der Waals surface area contributed by atoms with Gasteiger partial charge in [-0.1, -0.05) is 29.3 Å². The number of allylic oxidation sites excluding steroid dienone is 2. The van der Waals surface area contributed by atoms with Crippen LogP contribution in [-0.2, 0) is 11.2 Å². The average molecular weight is 527 g/mol. The van der Waals surface area contributed by atoms with E-state index >= 15 is 0 Å². The van der Waals surface area contributed by atoms with E-state index in [1.54, 1.807) is 24.3 Å². The molecule has 1 aliphatic heterocycles. The summed E-state index contributed by atoms with van der Waals surface area (Å²) in [5.74, 6) is 1.31. The van der Waals surface area contributed by atoms with Gasteiger partial charge in [-0.2, -0.15) is 0 Å². The Morgan fingerprint density at radius 1 is 1.11 bits per heavy atom. The Morgan fingerprint density at radius 3 is 2.67 bits per heavy atom. The molecule has 6 nitrogen and oxygen atoms in total. The van der Waals surface area contributed by atoms with Gasteiger partial charge in [0.15, 0.2) is 0 Å². The molecule has 0 saturated heterocycles. The summed E-state index contributed by atoms with van der Waals surface area (Å²) >= 11 is 12.3. The topological polar surface area (TPSA) is 74.8 Å². The van der Waals surface area contributed by atoms with Crippen molar-refractivity contribution in [1.29, 1.82) is 0 Å². The van der Waals surface area contributed by atoms with Crippen molar-refractivity contribution < 1.29 is 19.4 Å². The van der Waals surface area contributed by atoms with E-state index in [0.29, 0.717) is 35.4 Å². The molecular weight excluding hydrogens is 499 g/mol. The Bertz CT molecular complexity index is 1300. The average Bonchev–Trinajstić information content (AvgIpc) is 3.25. The first-order valence-corrected chi connectivity index (χ1v) is 12.9. The number of ether oxygens (including phenoxy) is 2. The van der Waals surface area contributed by atoms with E-state index in [-0.39, 0.29) is 18.6 Å². The fourth-order valence-electron chi connectivity index (χ4n) is 4.96. The zero-order valence-electron chi connectivity index (χ0n) is 19.8. The Balaban J connectivity index is 1.42. The van der Waals surface area contributed by atoms with Crippen molar-refractivity contribution in [2.45, 2.75) is 31.7 Å². The third-order valence-electron chi connectivity index (χ3n) is 6.71. The van der Waals surface area contributed by atoms with Gasteiger partial charge in [-0.05, 0) is 85.9 Å². The fourth-order valence-corrected chi connectivity index (χ4v) is 5.26. The smallest absolute Gasteiger partial charge is 0.415 e. The van der Waals surface area contributed by atoms with Crippen LogP contribution in [0, 0.1) is 5.92 Å². The lowest BCUT2D eigenvalue weighted by Gasteiger charge is -2.39. The summed E-state index contributed by atoms with van der Waals surface area (Å²) in [6, 6.07) is 12.4. The van der Waals surface area contributed by atoms with Crippen molar-refractivity contribution in [1.82, 2.24) is 9.88 Å². The number of aromatic amines is 1. The van der Waals surface area contributed by atoms with Crippen molar-refractivity contribution >= 4 is 40.2 Å². The lowest BCUT2D eigenvalue weighted by Crippen LogP contribution is -2.44. The quantitative estimate of drug-likeness (QED) is 0.331. The molecule has 1 aliphatic carbocycles. The Morgan fingerprint density at radius 2 is 1.92 bits per heavy atom. The minimum atomic E-state index is -0.395. The first-order chi connectivity index (χ1) is 17.5. The summed E-state index contributed by atoms with van der Waals surface area (Å²) in [7, 11) is 0. The van der Waals surface area contributed by atoms with Crippen LogP contribution in [0.25, 0.3) is 10.9 Å². The molecule has 0 radical (unpaired) electrons. The van der Waals surface area contributed by atoms with Gasteiger partial charge in [-0.15, -0.1) is 0 Å². The number of hydrogen-bond donors (Lipinski definition) is 2. The first-order valence-electron chi connectivity index (χ1n) is 12.2. The number of hydrogen-bond acceptors (Lipinski definition) is 4. The van der Waals surface area contributed by atoms with Gasteiger partial charge in [0.2, 0.25) is 0 Å². The molecular formula is C28H28Cl2N2O4. The second-order valence-electron chi connectivity index (χ2n) is 9.06. The second kappa shape index (κ2) is 11.0. The van der Waals surface area contributed by atoms with E-state index in [2.05, 4.69) is 17.1 Å². The monoisotopic (exact) mass is 526 g/mol. The van der Waals surface area contributed by atoms with Crippen LogP contribution in [0.3, 0.4) is 0 Å². The Kier molecular flexibility index (Phi) is 7.56. The zero-order valence-corrected chi connectivity index (χ0v) is 21.3. The molecule has 1 aromatic heterocycles. The normalized spacial score (nSPS) is 19.2. The molecule has 2 N–H and O–H groups in total. The lowest BCUT2D eigenvalue weighted by atomic mass is 9.84. The van der Waals surface area contributed by atoms with Crippen molar-refractivity contribution in [2.75, 3.05) is 19.8 Å². The molecule has 2 aromatic carbocycles. The fraction of sp³-hybridized carbons (Fsp3) is 0.321. The number of carbonyl (C=O) groups excluding carboxylic acids is 1. The number of halogens is 2. The van der Waals surface area contributed by atoms with Crippen molar-refractivity contribution in [3.05, 3.63) is 87.8 Å². The maximum Gasteiger partial charge on any atom is 0.415 e. The first kappa shape index (κ1) is 24.8. The SMILES string of the molecule is O=C(Oc1ccc(Cl)cc1)N1CCc2c([nH]c3ccc(Cl)cc23)C1C1C=CC(OCCCCO)=CC1. The van der Waals surface area contributed by atoms with Crippen molar-refractivity contribution in [3.63, 3.8) is 0 Å². The molecule has 36 heavy (non-hydrogen) atoms.